The number of aryl methyl sites for hydroxylation is 2. The lowest BCUT2D eigenvalue weighted by Crippen LogP contribution is -2.35. The van der Waals surface area contributed by atoms with Gasteiger partial charge in [0.2, 0.25) is 5.69 Å². The lowest BCUT2D eigenvalue weighted by atomic mass is 9.66. The van der Waals surface area contributed by atoms with Crippen LogP contribution in [0.3, 0.4) is 0 Å². The monoisotopic (exact) mass is 404 g/mol. The van der Waals surface area contributed by atoms with Crippen LogP contribution in [0.25, 0.3) is 33.2 Å². The van der Waals surface area contributed by atoms with Gasteiger partial charge in [0, 0.05) is 13.0 Å². The summed E-state index contributed by atoms with van der Waals surface area (Å²) < 4.78 is 2.39. The first-order valence-corrected chi connectivity index (χ1v) is 11.7. The third-order valence-electron chi connectivity index (χ3n) is 7.93. The fourth-order valence-electron chi connectivity index (χ4n) is 6.14. The molecule has 3 aliphatic rings. The van der Waals surface area contributed by atoms with Crippen LogP contribution in [0, 0.1) is 13.8 Å². The number of rotatable bonds is 2. The highest BCUT2D eigenvalue weighted by Gasteiger charge is 2.34. The second-order valence-electron chi connectivity index (χ2n) is 9.71. The molecule has 3 aromatic carbocycles. The van der Waals surface area contributed by atoms with Crippen LogP contribution in [0.2, 0.25) is 0 Å². The third kappa shape index (κ3) is 2.94. The van der Waals surface area contributed by atoms with Crippen LogP contribution < -0.4 is 4.57 Å². The van der Waals surface area contributed by atoms with Crippen molar-refractivity contribution in [3.8, 4) is 22.4 Å². The van der Waals surface area contributed by atoms with Gasteiger partial charge in [-0.05, 0) is 95.8 Å². The standard InChI is InChI=1S/C30H30N/c1-19-15-28-22-9-11-23(12-10-22)29(28)18-27(19)30-26-14-13-24(21-7-5-4-6-8-21)17-25(26)16-20(2)31(30)3/h4-8,13-18,22-23H,9-12H2,1-3H3/q+1. The van der Waals surface area contributed by atoms with E-state index in [1.807, 2.05) is 0 Å². The van der Waals surface area contributed by atoms with Crippen molar-refractivity contribution in [1.82, 2.24) is 0 Å². The van der Waals surface area contributed by atoms with Crippen molar-refractivity contribution in [2.75, 3.05) is 0 Å². The molecule has 1 nitrogen and oxygen atoms in total. The molecule has 1 saturated carbocycles. The zero-order valence-corrected chi connectivity index (χ0v) is 18.8. The van der Waals surface area contributed by atoms with Gasteiger partial charge in [-0.15, -0.1) is 0 Å². The van der Waals surface area contributed by atoms with Crippen LogP contribution in [0.4, 0.5) is 0 Å². The molecule has 1 fully saturated rings. The van der Waals surface area contributed by atoms with E-state index in [9.17, 15) is 0 Å². The lowest BCUT2D eigenvalue weighted by molar-refractivity contribution is -0.665. The van der Waals surface area contributed by atoms with Crippen molar-refractivity contribution in [3.05, 3.63) is 89.1 Å². The maximum atomic E-state index is 2.56. The Hall–Kier alpha value is -2.93. The SMILES string of the molecule is Cc1cc2c(cc1-c1c3ccc(-c4ccccc4)cc3cc(C)[n+]1C)C1CCC2CC1. The van der Waals surface area contributed by atoms with E-state index in [0.29, 0.717) is 0 Å². The second kappa shape index (κ2) is 7.05. The number of aromatic nitrogens is 1. The van der Waals surface area contributed by atoms with Gasteiger partial charge in [-0.25, -0.2) is 0 Å². The van der Waals surface area contributed by atoms with Crippen molar-refractivity contribution in [3.63, 3.8) is 0 Å². The van der Waals surface area contributed by atoms with Gasteiger partial charge >= 0.3 is 0 Å². The molecule has 3 aliphatic carbocycles. The number of benzene rings is 3. The van der Waals surface area contributed by atoms with Gasteiger partial charge in [0.05, 0.1) is 10.9 Å². The lowest BCUT2D eigenvalue weighted by Gasteiger charge is -2.38. The molecule has 0 saturated heterocycles. The Morgan fingerprint density at radius 1 is 0.710 bits per heavy atom. The maximum Gasteiger partial charge on any atom is 0.220 e. The van der Waals surface area contributed by atoms with Crippen LogP contribution in [-0.2, 0) is 7.05 Å². The normalized spacial score (nSPS) is 19.6. The predicted octanol–water partition coefficient (Wildman–Crippen LogP) is 7.37. The molecule has 0 atom stereocenters. The quantitative estimate of drug-likeness (QED) is 0.307. The summed E-state index contributed by atoms with van der Waals surface area (Å²) in [5.74, 6) is 1.56. The molecule has 7 rings (SSSR count). The molecule has 2 bridgehead atoms. The van der Waals surface area contributed by atoms with Gasteiger partial charge < -0.3 is 0 Å². The van der Waals surface area contributed by atoms with Gasteiger partial charge in [0.15, 0.2) is 5.69 Å². The molecular weight excluding hydrogens is 374 g/mol. The van der Waals surface area contributed by atoms with Crippen molar-refractivity contribution >= 4 is 10.8 Å². The van der Waals surface area contributed by atoms with E-state index in [2.05, 4.69) is 92.2 Å². The first kappa shape index (κ1) is 18.8. The van der Waals surface area contributed by atoms with Gasteiger partial charge in [-0.2, -0.15) is 4.57 Å². The average Bonchev–Trinajstić information content (AvgIpc) is 2.81. The van der Waals surface area contributed by atoms with Gasteiger partial charge in [-0.3, -0.25) is 0 Å². The van der Waals surface area contributed by atoms with Crippen molar-refractivity contribution < 1.29 is 4.57 Å². The summed E-state index contributed by atoms with van der Waals surface area (Å²) >= 11 is 0. The van der Waals surface area contributed by atoms with E-state index in [0.717, 1.165) is 11.8 Å². The number of nitrogens with zero attached hydrogens (tertiary/aromatic N) is 1. The molecule has 1 heteroatoms. The van der Waals surface area contributed by atoms with Gasteiger partial charge in [0.25, 0.3) is 0 Å². The van der Waals surface area contributed by atoms with Crippen LogP contribution in [-0.4, -0.2) is 0 Å². The Bertz CT molecular complexity index is 1310. The number of pyridine rings is 1. The predicted molar refractivity (Wildman–Crippen MR) is 129 cm³/mol. The summed E-state index contributed by atoms with van der Waals surface area (Å²) in [5.41, 5.74) is 11.3. The number of hydrogen-bond donors (Lipinski definition) is 0. The Balaban J connectivity index is 1.58. The van der Waals surface area contributed by atoms with E-state index >= 15 is 0 Å². The largest absolute Gasteiger partial charge is 0.220 e. The summed E-state index contributed by atoms with van der Waals surface area (Å²) in [6.45, 7) is 4.54. The first-order valence-electron chi connectivity index (χ1n) is 11.7. The molecule has 0 spiro atoms. The fourth-order valence-corrected chi connectivity index (χ4v) is 6.14. The van der Waals surface area contributed by atoms with Crippen LogP contribution in [0.1, 0.15) is 59.9 Å². The van der Waals surface area contributed by atoms with Crippen molar-refractivity contribution in [2.24, 2.45) is 7.05 Å². The Kier molecular flexibility index (Phi) is 4.28. The third-order valence-corrected chi connectivity index (χ3v) is 7.93. The highest BCUT2D eigenvalue weighted by molar-refractivity contribution is 5.96. The molecule has 4 aromatic rings. The van der Waals surface area contributed by atoms with Crippen LogP contribution in [0.5, 0.6) is 0 Å². The van der Waals surface area contributed by atoms with Gasteiger partial charge in [0.1, 0.15) is 7.05 Å². The highest BCUT2D eigenvalue weighted by Crippen LogP contribution is 2.50. The molecule has 0 amide bonds. The Morgan fingerprint density at radius 3 is 2.10 bits per heavy atom. The summed E-state index contributed by atoms with van der Waals surface area (Å²) in [5, 5.41) is 2.67. The smallest absolute Gasteiger partial charge is 0.198 e. The zero-order chi connectivity index (χ0) is 21.1. The summed E-state index contributed by atoms with van der Waals surface area (Å²) in [6.07, 6.45) is 5.53. The number of hydrogen-bond acceptors (Lipinski definition) is 0. The van der Waals surface area contributed by atoms with E-state index in [4.69, 9.17) is 0 Å². The Morgan fingerprint density at radius 2 is 1.39 bits per heavy atom. The molecule has 1 heterocycles. The molecule has 0 radical (unpaired) electrons. The summed E-state index contributed by atoms with van der Waals surface area (Å²) in [7, 11) is 2.22. The van der Waals surface area contributed by atoms with Crippen molar-refractivity contribution in [1.29, 1.82) is 0 Å². The van der Waals surface area contributed by atoms with E-state index in [1.165, 1.54) is 70.1 Å². The summed E-state index contributed by atoms with van der Waals surface area (Å²) in [6, 6.07) is 25.1. The molecule has 31 heavy (non-hydrogen) atoms. The number of fused-ring (bicyclic) bond motifs is 3. The topological polar surface area (TPSA) is 3.88 Å². The van der Waals surface area contributed by atoms with E-state index in [-0.39, 0.29) is 0 Å². The van der Waals surface area contributed by atoms with E-state index < -0.39 is 0 Å². The minimum atomic E-state index is 0.769. The Labute approximate surface area is 185 Å². The average molecular weight is 405 g/mol. The summed E-state index contributed by atoms with van der Waals surface area (Å²) in [4.78, 5) is 0. The zero-order valence-electron chi connectivity index (χ0n) is 18.8. The highest BCUT2D eigenvalue weighted by atomic mass is 14.9. The fraction of sp³-hybridized carbons (Fsp3) is 0.300. The van der Waals surface area contributed by atoms with Crippen LogP contribution >= 0.6 is 0 Å². The molecular formula is C30H30N+. The molecule has 0 N–H and O–H groups in total. The van der Waals surface area contributed by atoms with Crippen LogP contribution in [0.15, 0.2) is 66.7 Å². The van der Waals surface area contributed by atoms with E-state index in [1.54, 1.807) is 11.1 Å². The molecule has 0 aliphatic heterocycles. The first-order chi connectivity index (χ1) is 15.1. The molecule has 1 aromatic heterocycles. The second-order valence-corrected chi connectivity index (χ2v) is 9.71. The van der Waals surface area contributed by atoms with Crippen molar-refractivity contribution in [2.45, 2.75) is 51.4 Å². The molecule has 154 valence electrons. The van der Waals surface area contributed by atoms with Gasteiger partial charge in [-0.1, -0.05) is 42.5 Å². The molecule has 0 unspecified atom stereocenters. The minimum absolute atomic E-state index is 0.769. The minimum Gasteiger partial charge on any atom is -0.198 e. The maximum absolute atomic E-state index is 2.56.